The van der Waals surface area contributed by atoms with Crippen LogP contribution in [0.2, 0.25) is 0 Å². The van der Waals surface area contributed by atoms with Crippen molar-refractivity contribution in [2.45, 2.75) is 44.2 Å². The second-order valence-electron chi connectivity index (χ2n) is 8.23. The average molecular weight is 376 g/mol. The monoisotopic (exact) mass is 376 g/mol. The third kappa shape index (κ3) is 2.60. The van der Waals surface area contributed by atoms with Crippen molar-refractivity contribution in [2.75, 3.05) is 5.32 Å². The highest BCUT2D eigenvalue weighted by Crippen LogP contribution is 2.55. The number of nitrogens with one attached hydrogen (secondary N) is 2. The zero-order valence-corrected chi connectivity index (χ0v) is 15.9. The fraction of sp³-hybridized carbons (Fsp3) is 0.391. The Morgan fingerprint density at radius 1 is 1.18 bits per heavy atom. The first kappa shape index (κ1) is 17.3. The maximum Gasteiger partial charge on any atom is 0.237 e. The van der Waals surface area contributed by atoms with E-state index in [-0.39, 0.29) is 23.7 Å². The van der Waals surface area contributed by atoms with Gasteiger partial charge in [0.1, 0.15) is 11.7 Å². The summed E-state index contributed by atoms with van der Waals surface area (Å²) in [6.45, 7) is 1.98. The van der Waals surface area contributed by atoms with E-state index >= 15 is 0 Å². The Kier molecular flexibility index (Phi) is 3.93. The van der Waals surface area contributed by atoms with Gasteiger partial charge in [-0.05, 0) is 49.1 Å². The normalized spacial score (nSPS) is 30.3. The van der Waals surface area contributed by atoms with Crippen LogP contribution in [0.15, 0.2) is 48.5 Å². The molecule has 0 aromatic heterocycles. The quantitative estimate of drug-likeness (QED) is 0.785. The Morgan fingerprint density at radius 2 is 2.04 bits per heavy atom. The summed E-state index contributed by atoms with van der Waals surface area (Å²) in [4.78, 5) is 26.4. The third-order valence-corrected chi connectivity index (χ3v) is 6.46. The maximum atomic E-state index is 13.3. The minimum absolute atomic E-state index is 0.113. The zero-order chi connectivity index (χ0) is 19.3. The topological polar surface area (TPSA) is 67.4 Å². The lowest BCUT2D eigenvalue weighted by atomic mass is 9.62. The molecular weight excluding hydrogens is 352 g/mol. The average Bonchev–Trinajstić information content (AvgIpc) is 2.67. The first-order chi connectivity index (χ1) is 13.6. The van der Waals surface area contributed by atoms with E-state index in [9.17, 15) is 9.59 Å². The molecule has 1 saturated carbocycles. The van der Waals surface area contributed by atoms with Crippen molar-refractivity contribution in [2.24, 2.45) is 11.8 Å². The van der Waals surface area contributed by atoms with Crippen LogP contribution in [0.5, 0.6) is 5.75 Å². The molecule has 0 unspecified atom stereocenters. The van der Waals surface area contributed by atoms with Crippen LogP contribution < -0.4 is 15.4 Å². The van der Waals surface area contributed by atoms with Gasteiger partial charge in [-0.2, -0.15) is 0 Å². The number of fused-ring (bicyclic) bond motifs is 2. The van der Waals surface area contributed by atoms with Crippen LogP contribution in [0.3, 0.4) is 0 Å². The number of piperidine rings is 1. The predicted molar refractivity (Wildman–Crippen MR) is 106 cm³/mol. The summed E-state index contributed by atoms with van der Waals surface area (Å²) in [6.07, 6.45) is 3.86. The maximum absolute atomic E-state index is 13.3. The number of carbonyl (C=O) groups is 2. The molecule has 2 aliphatic heterocycles. The molecule has 1 aliphatic carbocycles. The number of amides is 2. The summed E-state index contributed by atoms with van der Waals surface area (Å²) in [6, 6.07) is 15.5. The summed E-state index contributed by atoms with van der Waals surface area (Å²) < 4.78 is 6.36. The smallest absolute Gasteiger partial charge is 0.237 e. The fourth-order valence-electron chi connectivity index (χ4n) is 5.30. The van der Waals surface area contributed by atoms with Crippen molar-refractivity contribution >= 4 is 17.5 Å². The summed E-state index contributed by atoms with van der Waals surface area (Å²) >= 11 is 0. The molecule has 28 heavy (non-hydrogen) atoms. The lowest BCUT2D eigenvalue weighted by molar-refractivity contribution is -0.160. The lowest BCUT2D eigenvalue weighted by Crippen LogP contribution is -2.69. The molecular formula is C23H24N2O3. The molecule has 2 heterocycles. The lowest BCUT2D eigenvalue weighted by Gasteiger charge is -2.55. The highest BCUT2D eigenvalue weighted by molar-refractivity contribution is 6.08. The Labute approximate surface area is 164 Å². The van der Waals surface area contributed by atoms with Gasteiger partial charge in [-0.1, -0.05) is 36.8 Å². The van der Waals surface area contributed by atoms with E-state index in [1.807, 2.05) is 55.5 Å². The number of rotatable bonds is 2. The molecule has 2 fully saturated rings. The predicted octanol–water partition coefficient (Wildman–Crippen LogP) is 3.74. The van der Waals surface area contributed by atoms with E-state index < -0.39 is 11.6 Å². The second kappa shape index (κ2) is 6.36. The fourth-order valence-corrected chi connectivity index (χ4v) is 5.30. The first-order valence-electron chi connectivity index (χ1n) is 10.0. The molecule has 0 radical (unpaired) electrons. The minimum Gasteiger partial charge on any atom is -0.467 e. The molecule has 2 amide bonds. The summed E-state index contributed by atoms with van der Waals surface area (Å²) in [5.41, 5.74) is 2.09. The van der Waals surface area contributed by atoms with Crippen LogP contribution in [0, 0.1) is 18.8 Å². The molecule has 0 spiro atoms. The van der Waals surface area contributed by atoms with Gasteiger partial charge in [-0.15, -0.1) is 0 Å². The molecule has 144 valence electrons. The standard InChI is InChI=1S/C23H24N2O3/c1-14-7-6-8-15(13-14)24-21(26)20-19-16-9-2-3-11-18(16)28-23(25-22(20)27)12-5-4-10-17(19)23/h2-3,6-9,11,13,17,19-20H,4-5,10,12H2,1H3,(H,24,26)(H,25,27)/t17-,19-,20-,23-/m0/s1. The molecule has 2 bridgehead atoms. The minimum atomic E-state index is -0.762. The Bertz CT molecular complexity index is 956. The number of aryl methyl sites for hydroxylation is 1. The molecule has 4 atom stereocenters. The van der Waals surface area contributed by atoms with Crippen molar-refractivity contribution in [1.29, 1.82) is 0 Å². The molecule has 2 aromatic carbocycles. The highest BCUT2D eigenvalue weighted by Gasteiger charge is 2.60. The summed E-state index contributed by atoms with van der Waals surface area (Å²) in [5, 5.41) is 6.08. The number of hydrogen-bond donors (Lipinski definition) is 2. The number of ether oxygens (including phenoxy) is 1. The molecule has 3 aliphatic rings. The second-order valence-corrected chi connectivity index (χ2v) is 8.23. The van der Waals surface area contributed by atoms with Crippen molar-refractivity contribution in [3.8, 4) is 5.75 Å². The molecule has 2 aromatic rings. The number of para-hydroxylation sites is 1. The van der Waals surface area contributed by atoms with Gasteiger partial charge in [0.15, 0.2) is 5.72 Å². The van der Waals surface area contributed by atoms with Crippen LogP contribution in [0.1, 0.15) is 42.7 Å². The van der Waals surface area contributed by atoms with Crippen LogP contribution >= 0.6 is 0 Å². The zero-order valence-electron chi connectivity index (χ0n) is 15.9. The first-order valence-corrected chi connectivity index (χ1v) is 10.0. The van der Waals surface area contributed by atoms with Crippen LogP contribution in [0.4, 0.5) is 5.69 Å². The van der Waals surface area contributed by atoms with Crippen LogP contribution in [-0.4, -0.2) is 17.5 Å². The summed E-state index contributed by atoms with van der Waals surface area (Å²) in [7, 11) is 0. The number of benzene rings is 2. The molecule has 2 N–H and O–H groups in total. The van der Waals surface area contributed by atoms with Crippen molar-refractivity contribution < 1.29 is 14.3 Å². The van der Waals surface area contributed by atoms with Crippen molar-refractivity contribution in [1.82, 2.24) is 5.32 Å². The summed E-state index contributed by atoms with van der Waals surface area (Å²) in [5.74, 6) is -0.501. The molecule has 1 saturated heterocycles. The third-order valence-electron chi connectivity index (χ3n) is 6.46. The molecule has 5 rings (SSSR count). The van der Waals surface area contributed by atoms with Gasteiger partial charge in [0.2, 0.25) is 11.8 Å². The van der Waals surface area contributed by atoms with Gasteiger partial charge in [-0.3, -0.25) is 9.59 Å². The van der Waals surface area contributed by atoms with E-state index in [0.717, 1.165) is 48.2 Å². The van der Waals surface area contributed by atoms with Gasteiger partial charge >= 0.3 is 0 Å². The number of hydrogen-bond acceptors (Lipinski definition) is 3. The molecule has 5 nitrogen and oxygen atoms in total. The van der Waals surface area contributed by atoms with Gasteiger partial charge < -0.3 is 15.4 Å². The highest BCUT2D eigenvalue weighted by atomic mass is 16.5. The largest absolute Gasteiger partial charge is 0.467 e. The van der Waals surface area contributed by atoms with Crippen molar-refractivity contribution in [3.05, 3.63) is 59.7 Å². The van der Waals surface area contributed by atoms with Gasteiger partial charge in [0.25, 0.3) is 0 Å². The van der Waals surface area contributed by atoms with Crippen LogP contribution in [-0.2, 0) is 9.59 Å². The number of carbonyl (C=O) groups excluding carboxylic acids is 2. The Hall–Kier alpha value is -2.82. The SMILES string of the molecule is Cc1cccc(NC(=O)[C@H]2C(=O)N[C@]34CCCC[C@H]3[C@@H]2c2ccccc2O4)c1. The van der Waals surface area contributed by atoms with E-state index in [1.54, 1.807) is 0 Å². The van der Waals surface area contributed by atoms with E-state index in [0.29, 0.717) is 0 Å². The Morgan fingerprint density at radius 3 is 2.89 bits per heavy atom. The van der Waals surface area contributed by atoms with Crippen LogP contribution in [0.25, 0.3) is 0 Å². The van der Waals surface area contributed by atoms with E-state index in [4.69, 9.17) is 4.74 Å². The van der Waals surface area contributed by atoms with Gasteiger partial charge in [-0.25, -0.2) is 0 Å². The Balaban J connectivity index is 1.55. The molecule has 5 heteroatoms. The van der Waals surface area contributed by atoms with E-state index in [1.165, 1.54) is 0 Å². The van der Waals surface area contributed by atoms with Gasteiger partial charge in [0, 0.05) is 23.9 Å². The van der Waals surface area contributed by atoms with E-state index in [2.05, 4.69) is 10.6 Å². The number of anilines is 1. The van der Waals surface area contributed by atoms with Gasteiger partial charge in [0.05, 0.1) is 0 Å². The van der Waals surface area contributed by atoms with Crippen molar-refractivity contribution in [3.63, 3.8) is 0 Å².